The molecular weight excluding hydrogens is 276 g/mol. The highest BCUT2D eigenvalue weighted by Crippen LogP contribution is 2.34. The van der Waals surface area contributed by atoms with Crippen molar-refractivity contribution in [3.63, 3.8) is 0 Å². The Bertz CT molecular complexity index is 265. The van der Waals surface area contributed by atoms with Gasteiger partial charge in [-0.25, -0.2) is 0 Å². The molecule has 0 unspecified atom stereocenters. The molecule has 3 aliphatic rings. The monoisotopic (exact) mass is 302 g/mol. The second-order valence-electron chi connectivity index (χ2n) is 5.69. The van der Waals surface area contributed by atoms with Crippen molar-refractivity contribution in [2.24, 2.45) is 0 Å². The molecule has 0 atom stereocenters. The van der Waals surface area contributed by atoms with Gasteiger partial charge in [-0.3, -0.25) is 0 Å². The molecule has 0 aromatic carbocycles. The summed E-state index contributed by atoms with van der Waals surface area (Å²) in [5, 5.41) is 0. The van der Waals surface area contributed by atoms with Crippen LogP contribution in [0.1, 0.15) is 38.5 Å². The Hall–Kier alpha value is -0.240. The van der Waals surface area contributed by atoms with Gasteiger partial charge in [0.05, 0.1) is 39.6 Å². The van der Waals surface area contributed by atoms with Crippen LogP contribution in [-0.4, -0.2) is 58.0 Å². The van der Waals surface area contributed by atoms with Crippen molar-refractivity contribution in [2.45, 2.75) is 56.9 Å². The molecule has 21 heavy (non-hydrogen) atoms. The molecule has 0 radical (unpaired) electrons. The van der Waals surface area contributed by atoms with Gasteiger partial charge in [-0.1, -0.05) is 0 Å². The van der Waals surface area contributed by atoms with Gasteiger partial charge in [-0.15, -0.1) is 0 Å². The Morgan fingerprint density at radius 3 is 1.19 bits per heavy atom. The zero-order valence-corrected chi connectivity index (χ0v) is 12.6. The van der Waals surface area contributed by atoms with Crippen molar-refractivity contribution >= 4 is 0 Å². The standard InChI is InChI=1S/C15H26O6/c1-2-8-17-13(16-7-1)15(20-11-5-6-12-21-15)14-18-9-3-4-10-19-14/h13-14H,1-12H2. The van der Waals surface area contributed by atoms with E-state index in [1.807, 2.05) is 0 Å². The van der Waals surface area contributed by atoms with Crippen LogP contribution in [0.4, 0.5) is 0 Å². The van der Waals surface area contributed by atoms with E-state index in [-0.39, 0.29) is 0 Å². The van der Waals surface area contributed by atoms with Crippen molar-refractivity contribution in [1.82, 2.24) is 0 Å². The zero-order valence-electron chi connectivity index (χ0n) is 12.6. The Kier molecular flexibility index (Phi) is 5.85. The minimum Gasteiger partial charge on any atom is -0.348 e. The van der Waals surface area contributed by atoms with Gasteiger partial charge in [-0.2, -0.15) is 0 Å². The van der Waals surface area contributed by atoms with Crippen LogP contribution >= 0.6 is 0 Å². The van der Waals surface area contributed by atoms with Gasteiger partial charge < -0.3 is 28.4 Å². The van der Waals surface area contributed by atoms with Gasteiger partial charge in [0.15, 0.2) is 0 Å². The highest BCUT2D eigenvalue weighted by atomic mass is 16.8. The van der Waals surface area contributed by atoms with E-state index < -0.39 is 18.4 Å². The third kappa shape index (κ3) is 3.75. The van der Waals surface area contributed by atoms with E-state index in [1.165, 1.54) is 0 Å². The largest absolute Gasteiger partial charge is 0.348 e. The number of hydrogen-bond acceptors (Lipinski definition) is 6. The first-order chi connectivity index (χ1) is 10.4. The second kappa shape index (κ2) is 7.85. The lowest BCUT2D eigenvalue weighted by atomic mass is 10.2. The van der Waals surface area contributed by atoms with Gasteiger partial charge in [-0.05, 0) is 38.5 Å². The average molecular weight is 302 g/mol. The molecule has 0 N–H and O–H groups in total. The predicted molar refractivity (Wildman–Crippen MR) is 73.7 cm³/mol. The van der Waals surface area contributed by atoms with Gasteiger partial charge >= 0.3 is 0 Å². The SMILES string of the molecule is C1CCOC(C2(C3OCCCCO3)OCCCCO2)OC1. The summed E-state index contributed by atoms with van der Waals surface area (Å²) in [4.78, 5) is 0. The molecule has 3 saturated heterocycles. The predicted octanol–water partition coefficient (Wildman–Crippen LogP) is 1.82. The molecule has 6 nitrogen and oxygen atoms in total. The fourth-order valence-electron chi connectivity index (χ4n) is 2.82. The van der Waals surface area contributed by atoms with E-state index in [2.05, 4.69) is 0 Å². The van der Waals surface area contributed by atoms with Gasteiger partial charge in [0, 0.05) is 0 Å². The molecule has 0 amide bonds. The summed E-state index contributed by atoms with van der Waals surface area (Å²) in [7, 11) is 0. The maximum absolute atomic E-state index is 6.06. The van der Waals surface area contributed by atoms with Crippen LogP contribution in [-0.2, 0) is 28.4 Å². The highest BCUT2D eigenvalue weighted by Gasteiger charge is 2.53. The Morgan fingerprint density at radius 2 is 0.810 bits per heavy atom. The first-order valence-corrected chi connectivity index (χ1v) is 8.16. The maximum atomic E-state index is 6.06. The van der Waals surface area contributed by atoms with Crippen LogP contribution in [0.3, 0.4) is 0 Å². The molecule has 0 bridgehead atoms. The highest BCUT2D eigenvalue weighted by molar-refractivity contribution is 4.83. The number of hydrogen-bond donors (Lipinski definition) is 0. The fourth-order valence-corrected chi connectivity index (χ4v) is 2.82. The van der Waals surface area contributed by atoms with Crippen LogP contribution in [0.15, 0.2) is 0 Å². The van der Waals surface area contributed by atoms with Crippen molar-refractivity contribution < 1.29 is 28.4 Å². The van der Waals surface area contributed by atoms with Gasteiger partial charge in [0.1, 0.15) is 0 Å². The lowest BCUT2D eigenvalue weighted by Gasteiger charge is -2.41. The second-order valence-corrected chi connectivity index (χ2v) is 5.69. The minimum absolute atomic E-state index is 0.596. The summed E-state index contributed by atoms with van der Waals surface area (Å²) in [5.41, 5.74) is 0. The van der Waals surface area contributed by atoms with Crippen molar-refractivity contribution in [1.29, 1.82) is 0 Å². The Balaban J connectivity index is 1.80. The maximum Gasteiger partial charge on any atom is 0.273 e. The first-order valence-electron chi connectivity index (χ1n) is 8.16. The molecule has 3 heterocycles. The van der Waals surface area contributed by atoms with E-state index in [9.17, 15) is 0 Å². The zero-order chi connectivity index (χ0) is 14.4. The van der Waals surface area contributed by atoms with E-state index >= 15 is 0 Å². The van der Waals surface area contributed by atoms with Crippen LogP contribution in [0.5, 0.6) is 0 Å². The molecule has 0 saturated carbocycles. The third-order valence-corrected chi connectivity index (χ3v) is 4.01. The quantitative estimate of drug-likeness (QED) is 0.775. The van der Waals surface area contributed by atoms with Crippen LogP contribution in [0.25, 0.3) is 0 Å². The Morgan fingerprint density at radius 1 is 0.476 bits per heavy atom. The molecular formula is C15H26O6. The lowest BCUT2D eigenvalue weighted by Crippen LogP contribution is -2.59. The first kappa shape index (κ1) is 15.6. The molecule has 0 aliphatic carbocycles. The van der Waals surface area contributed by atoms with Crippen molar-refractivity contribution in [3.8, 4) is 0 Å². The molecule has 6 heteroatoms. The van der Waals surface area contributed by atoms with E-state index in [0.717, 1.165) is 38.5 Å². The summed E-state index contributed by atoms with van der Waals surface area (Å²) in [6.45, 7) is 3.79. The van der Waals surface area contributed by atoms with Gasteiger partial charge in [0.2, 0.25) is 12.6 Å². The summed E-state index contributed by atoms with van der Waals surface area (Å²) in [6, 6.07) is 0. The Labute approximate surface area is 126 Å². The van der Waals surface area contributed by atoms with Crippen molar-refractivity contribution in [3.05, 3.63) is 0 Å². The van der Waals surface area contributed by atoms with Crippen LogP contribution in [0.2, 0.25) is 0 Å². The molecule has 122 valence electrons. The molecule has 3 rings (SSSR count). The topological polar surface area (TPSA) is 55.4 Å². The van der Waals surface area contributed by atoms with Crippen LogP contribution < -0.4 is 0 Å². The van der Waals surface area contributed by atoms with E-state index in [0.29, 0.717) is 39.6 Å². The molecule has 0 aromatic heterocycles. The smallest absolute Gasteiger partial charge is 0.273 e. The fraction of sp³-hybridized carbons (Fsp3) is 1.00. The van der Waals surface area contributed by atoms with Crippen molar-refractivity contribution in [2.75, 3.05) is 39.6 Å². The lowest BCUT2D eigenvalue weighted by molar-refractivity contribution is -0.413. The van der Waals surface area contributed by atoms with E-state index in [1.54, 1.807) is 0 Å². The minimum atomic E-state index is -1.11. The average Bonchev–Trinajstić information content (AvgIpc) is 3.02. The summed E-state index contributed by atoms with van der Waals surface area (Å²) < 4.78 is 35.6. The van der Waals surface area contributed by atoms with Crippen LogP contribution in [0, 0.1) is 0 Å². The summed E-state index contributed by atoms with van der Waals surface area (Å²) in [5.74, 6) is -1.11. The van der Waals surface area contributed by atoms with E-state index in [4.69, 9.17) is 28.4 Å². The number of ether oxygens (including phenoxy) is 6. The molecule has 0 spiro atoms. The normalized spacial score (nSPS) is 30.3. The summed E-state index contributed by atoms with van der Waals surface area (Å²) >= 11 is 0. The molecule has 3 fully saturated rings. The third-order valence-electron chi connectivity index (χ3n) is 4.01. The van der Waals surface area contributed by atoms with Gasteiger partial charge in [0.25, 0.3) is 5.79 Å². The number of rotatable bonds is 2. The summed E-state index contributed by atoms with van der Waals surface area (Å²) in [6.07, 6.45) is 4.67. The molecule has 0 aromatic rings. The molecule has 3 aliphatic heterocycles.